The van der Waals surface area contributed by atoms with Crippen LogP contribution in [0, 0.1) is 0 Å². The molecule has 0 unspecified atom stereocenters. The van der Waals surface area contributed by atoms with Crippen molar-refractivity contribution in [2.45, 2.75) is 46.3 Å². The van der Waals surface area contributed by atoms with Crippen LogP contribution < -0.4 is 0 Å². The molecule has 0 amide bonds. The molecule has 2 heteroatoms. The van der Waals surface area contributed by atoms with E-state index in [0.717, 1.165) is 15.0 Å². The van der Waals surface area contributed by atoms with Crippen molar-refractivity contribution < 1.29 is 24.2 Å². The third kappa shape index (κ3) is 22.7. The van der Waals surface area contributed by atoms with E-state index < -0.39 is 0 Å². The van der Waals surface area contributed by atoms with E-state index in [-0.39, 0.29) is 24.2 Å². The molecule has 0 aromatic heterocycles. The third-order valence-corrected chi connectivity index (χ3v) is 6.86. The molecule has 0 saturated heterocycles. The van der Waals surface area contributed by atoms with Gasteiger partial charge in [-0.1, -0.05) is 0 Å². The van der Waals surface area contributed by atoms with E-state index in [2.05, 4.69) is 27.7 Å². The van der Waals surface area contributed by atoms with Gasteiger partial charge in [0, 0.05) is 0 Å². The Hall–Kier alpha value is 1.44. The number of hydrogen-bond donors (Lipinski definition) is 0. The normalized spacial score (nSPS) is 7.60. The molecular formula is C8H20CdSe. The average molecular weight is 308 g/mol. The summed E-state index contributed by atoms with van der Waals surface area (Å²) in [5.74, 6) is 0. The second-order valence-electron chi connectivity index (χ2n) is 2.14. The van der Waals surface area contributed by atoms with Crippen LogP contribution in [0.2, 0.25) is 18.6 Å². The Balaban J connectivity index is 0. The van der Waals surface area contributed by atoms with Gasteiger partial charge in [-0.25, -0.2) is 0 Å². The van der Waals surface area contributed by atoms with E-state index in [1.807, 2.05) is 0 Å². The molecule has 0 aliphatic heterocycles. The zero-order valence-corrected chi connectivity index (χ0v) is 13.7. The predicted octanol–water partition coefficient (Wildman–Crippen LogP) is 3.51. The summed E-state index contributed by atoms with van der Waals surface area (Å²) < 4.78 is 3.11. The Morgan fingerprint density at radius 1 is 0.900 bits per heavy atom. The van der Waals surface area contributed by atoms with Gasteiger partial charge in [0.2, 0.25) is 0 Å². The number of hydrogen-bond acceptors (Lipinski definition) is 0. The minimum absolute atomic E-state index is 0.0578. The Labute approximate surface area is 84.9 Å². The molecule has 0 aromatic carbocycles. The van der Waals surface area contributed by atoms with Crippen molar-refractivity contribution in [2.24, 2.45) is 0 Å². The average Bonchev–Trinajstić information content (AvgIpc) is 1.93. The fraction of sp³-hybridized carbons (Fsp3) is 1.00. The standard InChI is InChI=1S/C4H10Se.2C2H5.Cd/c1-3-5-4-2;2*1-2;/h3-4H2,1-2H3;2*1H2,2H3;. The quantitative estimate of drug-likeness (QED) is 0.697. The molecule has 0 aliphatic rings. The second kappa shape index (κ2) is 16.8. The van der Waals surface area contributed by atoms with Crippen LogP contribution in [0.5, 0.6) is 0 Å². The zero-order chi connectivity index (χ0) is 8.24. The maximum absolute atomic E-state index is 2.31. The van der Waals surface area contributed by atoms with Gasteiger partial charge in [-0.2, -0.15) is 0 Å². The molecule has 0 atom stereocenters. The summed E-state index contributed by atoms with van der Waals surface area (Å²) in [7, 11) is 0. The number of rotatable bonds is 4. The Morgan fingerprint density at radius 3 is 1.30 bits per heavy atom. The van der Waals surface area contributed by atoms with Crippen molar-refractivity contribution in [3.63, 3.8) is 0 Å². The summed E-state index contributed by atoms with van der Waals surface area (Å²) in [5, 5.41) is 2.81. The van der Waals surface area contributed by atoms with Crippen LogP contribution in [0.3, 0.4) is 0 Å². The molecule has 0 saturated carbocycles. The fourth-order valence-electron chi connectivity index (χ4n) is 0.558. The fourth-order valence-corrected chi connectivity index (χ4v) is 3.43. The Kier molecular flexibility index (Phi) is 23.5. The first-order chi connectivity index (χ1) is 4.83. The summed E-state index contributed by atoms with van der Waals surface area (Å²) in [4.78, 5) is 0. The van der Waals surface area contributed by atoms with Crippen LogP contribution >= 0.6 is 0 Å². The van der Waals surface area contributed by atoms with Crippen LogP contribution in [-0.4, -0.2) is 15.0 Å². The molecule has 0 spiro atoms. The van der Waals surface area contributed by atoms with E-state index >= 15 is 0 Å². The van der Waals surface area contributed by atoms with Crippen LogP contribution in [-0.2, 0) is 24.2 Å². The van der Waals surface area contributed by atoms with E-state index in [1.165, 1.54) is 10.6 Å². The Bertz CT molecular complexity index is 30.2. The third-order valence-electron chi connectivity index (χ3n) is 1.12. The van der Waals surface area contributed by atoms with Crippen molar-refractivity contribution in [3.8, 4) is 0 Å². The minimum atomic E-state index is -0.0578. The van der Waals surface area contributed by atoms with E-state index in [4.69, 9.17) is 0 Å². The molecule has 0 heterocycles. The monoisotopic (exact) mass is 310 g/mol. The maximum atomic E-state index is 2.31. The first kappa shape index (κ1) is 14.0. The summed E-state index contributed by atoms with van der Waals surface area (Å²) in [6.07, 6.45) is 0. The van der Waals surface area contributed by atoms with E-state index in [0.29, 0.717) is 0 Å². The van der Waals surface area contributed by atoms with Crippen molar-refractivity contribution in [1.82, 2.24) is 0 Å². The first-order valence-corrected chi connectivity index (χ1v) is 12.5. The van der Waals surface area contributed by atoms with E-state index in [9.17, 15) is 0 Å². The van der Waals surface area contributed by atoms with Gasteiger partial charge in [0.25, 0.3) is 0 Å². The van der Waals surface area contributed by atoms with Crippen LogP contribution in [0.1, 0.15) is 27.7 Å². The summed E-state index contributed by atoms with van der Waals surface area (Å²) in [6.45, 7) is 9.09. The second-order valence-corrected chi connectivity index (χ2v) is 13.1. The zero-order valence-electron chi connectivity index (χ0n) is 7.94. The van der Waals surface area contributed by atoms with Crippen LogP contribution in [0.25, 0.3) is 0 Å². The van der Waals surface area contributed by atoms with Gasteiger partial charge in [-0.15, -0.1) is 0 Å². The predicted molar refractivity (Wildman–Crippen MR) is 47.7 cm³/mol. The van der Waals surface area contributed by atoms with Gasteiger partial charge < -0.3 is 0 Å². The molecular weight excluding hydrogens is 287 g/mol. The van der Waals surface area contributed by atoms with Gasteiger partial charge in [0.05, 0.1) is 0 Å². The van der Waals surface area contributed by atoms with Crippen LogP contribution in [0.15, 0.2) is 0 Å². The van der Waals surface area contributed by atoms with Gasteiger partial charge in [0.1, 0.15) is 0 Å². The molecule has 60 valence electrons. The topological polar surface area (TPSA) is 0 Å². The summed E-state index contributed by atoms with van der Waals surface area (Å²) in [6, 6.07) is 0. The molecule has 0 radical (unpaired) electrons. The Morgan fingerprint density at radius 2 is 1.30 bits per heavy atom. The van der Waals surface area contributed by atoms with Crippen molar-refractivity contribution >= 4 is 15.0 Å². The van der Waals surface area contributed by atoms with Gasteiger partial charge >= 0.3 is 85.5 Å². The summed E-state index contributed by atoms with van der Waals surface area (Å²) in [5.41, 5.74) is 0. The first-order valence-electron chi connectivity index (χ1n) is 4.41. The summed E-state index contributed by atoms with van der Waals surface area (Å²) >= 11 is 0.901. The van der Waals surface area contributed by atoms with E-state index in [1.54, 1.807) is 7.96 Å². The molecule has 0 rings (SSSR count). The molecule has 10 heavy (non-hydrogen) atoms. The molecule has 0 aromatic rings. The molecule has 0 fully saturated rings. The van der Waals surface area contributed by atoms with Crippen molar-refractivity contribution in [2.75, 3.05) is 0 Å². The molecule has 0 nitrogen and oxygen atoms in total. The van der Waals surface area contributed by atoms with Crippen molar-refractivity contribution in [3.05, 3.63) is 0 Å². The SMILES string of the molecule is CC[Se]CC.C[CH2][Cd][CH2]C. The molecule has 0 bridgehead atoms. The molecule has 0 aliphatic carbocycles. The van der Waals surface area contributed by atoms with Gasteiger partial charge in [-0.05, 0) is 0 Å². The van der Waals surface area contributed by atoms with Gasteiger partial charge in [-0.3, -0.25) is 0 Å². The van der Waals surface area contributed by atoms with Crippen LogP contribution in [0.4, 0.5) is 0 Å². The van der Waals surface area contributed by atoms with Gasteiger partial charge in [0.15, 0.2) is 0 Å². The van der Waals surface area contributed by atoms with Crippen molar-refractivity contribution in [1.29, 1.82) is 0 Å². The molecule has 0 N–H and O–H groups in total.